The molecule has 0 radical (unpaired) electrons. The number of rotatable bonds is 3. The van der Waals surface area contributed by atoms with Crippen molar-refractivity contribution in [1.82, 2.24) is 10.3 Å². The molecule has 2 heterocycles. The molecule has 1 aliphatic rings. The van der Waals surface area contributed by atoms with Crippen molar-refractivity contribution in [1.29, 1.82) is 0 Å². The Balaban J connectivity index is 1.95. The molecule has 1 unspecified atom stereocenters. The van der Waals surface area contributed by atoms with Crippen molar-refractivity contribution < 1.29 is 9.59 Å². The number of amides is 1. The van der Waals surface area contributed by atoms with E-state index in [-0.39, 0.29) is 18.1 Å². The van der Waals surface area contributed by atoms with Crippen LogP contribution in [0.5, 0.6) is 0 Å². The highest BCUT2D eigenvalue weighted by atomic mass is 35.5. The number of nitrogens with one attached hydrogen (secondary N) is 1. The van der Waals surface area contributed by atoms with Crippen LogP contribution in [-0.4, -0.2) is 22.4 Å². The first kappa shape index (κ1) is 15.4. The van der Waals surface area contributed by atoms with Crippen molar-refractivity contribution in [2.24, 2.45) is 4.99 Å². The smallest absolute Gasteiger partial charge is 0.218 e. The van der Waals surface area contributed by atoms with Crippen molar-refractivity contribution in [3.8, 4) is 0 Å². The Morgan fingerprint density at radius 2 is 2.17 bits per heavy atom. The monoisotopic (exact) mass is 327 g/mol. The molecule has 1 aromatic heterocycles. The van der Waals surface area contributed by atoms with Crippen LogP contribution < -0.4 is 5.32 Å². The van der Waals surface area contributed by atoms with Crippen molar-refractivity contribution in [3.05, 3.63) is 59.4 Å². The SMILES string of the molecule is CC(=O)NC(Cl)c1ccc2c(c1)CC(=O)C(c1cccnc1)=N2. The number of carbonyl (C=O) groups is 2. The van der Waals surface area contributed by atoms with Crippen LogP contribution >= 0.6 is 11.6 Å². The fourth-order valence-electron chi connectivity index (χ4n) is 2.44. The maximum atomic E-state index is 12.4. The normalized spacial score (nSPS) is 14.7. The molecule has 1 amide bonds. The number of ketones is 1. The molecule has 0 saturated carbocycles. The van der Waals surface area contributed by atoms with Crippen molar-refractivity contribution in [3.63, 3.8) is 0 Å². The van der Waals surface area contributed by atoms with E-state index in [1.54, 1.807) is 24.5 Å². The predicted octanol–water partition coefficient (Wildman–Crippen LogP) is 2.70. The molecule has 0 fully saturated rings. The number of pyridine rings is 1. The van der Waals surface area contributed by atoms with Crippen LogP contribution in [-0.2, 0) is 16.0 Å². The molecular weight excluding hydrogens is 314 g/mol. The second-order valence-corrected chi connectivity index (χ2v) is 5.69. The molecule has 5 nitrogen and oxygen atoms in total. The molecule has 23 heavy (non-hydrogen) atoms. The van der Waals surface area contributed by atoms with Crippen LogP contribution in [0, 0.1) is 0 Å². The molecule has 6 heteroatoms. The standard InChI is InChI=1S/C17H14ClN3O2/c1-10(22)20-17(18)11-4-5-14-13(7-11)8-15(23)16(21-14)12-3-2-6-19-9-12/h2-7,9,17H,8H2,1H3,(H,20,22). The van der Waals surface area contributed by atoms with Gasteiger partial charge in [-0.2, -0.15) is 0 Å². The second-order valence-electron chi connectivity index (χ2n) is 5.25. The van der Waals surface area contributed by atoms with Gasteiger partial charge in [-0.25, -0.2) is 4.99 Å². The molecule has 1 N–H and O–H groups in total. The lowest BCUT2D eigenvalue weighted by atomic mass is 9.95. The molecule has 116 valence electrons. The highest BCUT2D eigenvalue weighted by Crippen LogP contribution is 2.30. The summed E-state index contributed by atoms with van der Waals surface area (Å²) in [6.45, 7) is 1.40. The van der Waals surface area contributed by atoms with Gasteiger partial charge in [0.2, 0.25) is 5.91 Å². The van der Waals surface area contributed by atoms with Gasteiger partial charge in [0.05, 0.1) is 5.69 Å². The first-order valence-corrected chi connectivity index (χ1v) is 7.54. The zero-order chi connectivity index (χ0) is 16.4. The Kier molecular flexibility index (Phi) is 4.21. The van der Waals surface area contributed by atoms with Crippen LogP contribution in [0.2, 0.25) is 0 Å². The Bertz CT molecular complexity index is 803. The number of halogens is 1. The van der Waals surface area contributed by atoms with Gasteiger partial charge in [-0.05, 0) is 35.4 Å². The van der Waals surface area contributed by atoms with E-state index < -0.39 is 5.50 Å². The summed E-state index contributed by atoms with van der Waals surface area (Å²) in [6, 6.07) is 9.01. The van der Waals surface area contributed by atoms with Gasteiger partial charge in [0.25, 0.3) is 0 Å². The summed E-state index contributed by atoms with van der Waals surface area (Å²) >= 11 is 6.14. The van der Waals surface area contributed by atoms with E-state index in [1.807, 2.05) is 18.2 Å². The van der Waals surface area contributed by atoms with Crippen LogP contribution in [0.4, 0.5) is 5.69 Å². The van der Waals surface area contributed by atoms with E-state index in [2.05, 4.69) is 15.3 Å². The number of alkyl halides is 1. The number of Topliss-reactive ketones (excluding diaryl/α,β-unsaturated/α-hetero) is 1. The predicted molar refractivity (Wildman–Crippen MR) is 88.0 cm³/mol. The van der Waals surface area contributed by atoms with Crippen LogP contribution in [0.1, 0.15) is 29.1 Å². The Hall–Kier alpha value is -2.53. The molecular formula is C17H14ClN3O2. The molecule has 1 aromatic carbocycles. The number of aliphatic imine (C=N–C) groups is 1. The number of hydrogen-bond acceptors (Lipinski definition) is 4. The number of carbonyl (C=O) groups excluding carboxylic acids is 2. The summed E-state index contributed by atoms with van der Waals surface area (Å²) in [4.78, 5) is 31.9. The summed E-state index contributed by atoms with van der Waals surface area (Å²) in [5, 5.41) is 2.61. The minimum Gasteiger partial charge on any atom is -0.336 e. The van der Waals surface area contributed by atoms with Crippen molar-refractivity contribution in [2.75, 3.05) is 0 Å². The van der Waals surface area contributed by atoms with Gasteiger partial charge in [0, 0.05) is 31.3 Å². The number of benzene rings is 1. The van der Waals surface area contributed by atoms with Gasteiger partial charge in [0.15, 0.2) is 5.78 Å². The molecule has 0 saturated heterocycles. The second kappa shape index (κ2) is 6.30. The quantitative estimate of drug-likeness (QED) is 0.696. The lowest BCUT2D eigenvalue weighted by Gasteiger charge is -2.17. The number of nitrogens with zero attached hydrogens (tertiary/aromatic N) is 2. The van der Waals surface area contributed by atoms with Gasteiger partial charge in [-0.15, -0.1) is 0 Å². The largest absolute Gasteiger partial charge is 0.336 e. The summed E-state index contributed by atoms with van der Waals surface area (Å²) in [6.07, 6.45) is 3.53. The summed E-state index contributed by atoms with van der Waals surface area (Å²) in [5.41, 5.74) is 2.77. The number of aromatic nitrogens is 1. The third-order valence-electron chi connectivity index (χ3n) is 3.51. The van der Waals surface area contributed by atoms with Gasteiger partial charge in [-0.1, -0.05) is 17.7 Å². The van der Waals surface area contributed by atoms with Crippen LogP contribution in [0.3, 0.4) is 0 Å². The molecule has 0 bridgehead atoms. The first-order chi connectivity index (χ1) is 11.0. The zero-order valence-electron chi connectivity index (χ0n) is 12.4. The Morgan fingerprint density at radius 1 is 1.35 bits per heavy atom. The highest BCUT2D eigenvalue weighted by molar-refractivity contribution is 6.47. The number of fused-ring (bicyclic) bond motifs is 1. The van der Waals surface area contributed by atoms with E-state index in [1.165, 1.54) is 6.92 Å². The molecule has 3 rings (SSSR count). The summed E-state index contributed by atoms with van der Waals surface area (Å²) < 4.78 is 0. The zero-order valence-corrected chi connectivity index (χ0v) is 13.2. The lowest BCUT2D eigenvalue weighted by molar-refractivity contribution is -0.119. The van der Waals surface area contributed by atoms with E-state index in [0.717, 1.165) is 16.8 Å². The van der Waals surface area contributed by atoms with E-state index in [4.69, 9.17) is 11.6 Å². The average Bonchev–Trinajstić information content (AvgIpc) is 2.54. The molecule has 1 atom stereocenters. The minimum absolute atomic E-state index is 0.0618. The maximum Gasteiger partial charge on any atom is 0.218 e. The average molecular weight is 328 g/mol. The molecule has 1 aliphatic heterocycles. The highest BCUT2D eigenvalue weighted by Gasteiger charge is 2.23. The van der Waals surface area contributed by atoms with Gasteiger partial charge in [0.1, 0.15) is 11.2 Å². The summed E-state index contributed by atoms with van der Waals surface area (Å²) in [5.74, 6) is -0.274. The third kappa shape index (κ3) is 3.29. The maximum absolute atomic E-state index is 12.4. The van der Waals surface area contributed by atoms with Crippen LogP contribution in [0.25, 0.3) is 0 Å². The number of hydrogen-bond donors (Lipinski definition) is 1. The lowest BCUT2D eigenvalue weighted by Crippen LogP contribution is -2.23. The summed E-state index contributed by atoms with van der Waals surface area (Å²) in [7, 11) is 0. The Morgan fingerprint density at radius 3 is 2.87 bits per heavy atom. The van der Waals surface area contributed by atoms with E-state index in [9.17, 15) is 9.59 Å². The van der Waals surface area contributed by atoms with Crippen molar-refractivity contribution in [2.45, 2.75) is 18.8 Å². The molecule has 2 aromatic rings. The van der Waals surface area contributed by atoms with Gasteiger partial charge in [-0.3, -0.25) is 14.6 Å². The third-order valence-corrected chi connectivity index (χ3v) is 3.87. The minimum atomic E-state index is -0.628. The fraction of sp³-hybridized carbons (Fsp3) is 0.176. The van der Waals surface area contributed by atoms with E-state index in [0.29, 0.717) is 11.3 Å². The van der Waals surface area contributed by atoms with Gasteiger partial charge < -0.3 is 5.32 Å². The fourth-order valence-corrected chi connectivity index (χ4v) is 2.73. The Labute approximate surface area is 138 Å². The molecule has 0 aliphatic carbocycles. The van der Waals surface area contributed by atoms with Crippen LogP contribution in [0.15, 0.2) is 47.7 Å². The first-order valence-electron chi connectivity index (χ1n) is 7.11. The molecule has 0 spiro atoms. The van der Waals surface area contributed by atoms with Crippen molar-refractivity contribution >= 4 is 34.7 Å². The topological polar surface area (TPSA) is 71.4 Å². The van der Waals surface area contributed by atoms with Gasteiger partial charge >= 0.3 is 0 Å². The van der Waals surface area contributed by atoms with E-state index >= 15 is 0 Å².